The molecule has 2 aromatic heterocycles. The molecule has 1 fully saturated rings. The molecular formula is C22H24FN3OS2. The molecule has 0 atom stereocenters. The van der Waals surface area contributed by atoms with E-state index in [1.54, 1.807) is 17.4 Å². The number of rotatable bonds is 4. The van der Waals surface area contributed by atoms with Crippen LogP contribution in [-0.2, 0) is 17.6 Å². The largest absolute Gasteiger partial charge is 0.368 e. The van der Waals surface area contributed by atoms with Gasteiger partial charge in [0, 0.05) is 64.4 Å². The van der Waals surface area contributed by atoms with Crippen molar-refractivity contribution in [1.29, 1.82) is 0 Å². The number of hydrogen-bond acceptors (Lipinski definition) is 5. The first-order valence-corrected chi connectivity index (χ1v) is 11.9. The van der Waals surface area contributed by atoms with Crippen LogP contribution in [0.1, 0.15) is 22.6 Å². The fourth-order valence-corrected chi connectivity index (χ4v) is 6.34. The average molecular weight is 430 g/mol. The zero-order valence-electron chi connectivity index (χ0n) is 16.2. The van der Waals surface area contributed by atoms with Crippen LogP contribution < -0.4 is 10.2 Å². The molecule has 5 rings (SSSR count). The van der Waals surface area contributed by atoms with Gasteiger partial charge in [0.1, 0.15) is 5.82 Å². The summed E-state index contributed by atoms with van der Waals surface area (Å²) in [6.07, 6.45) is 3.61. The zero-order chi connectivity index (χ0) is 19.8. The minimum atomic E-state index is -0.165. The molecule has 0 aliphatic carbocycles. The van der Waals surface area contributed by atoms with E-state index in [9.17, 15) is 9.18 Å². The lowest BCUT2D eigenvalue weighted by molar-refractivity contribution is -0.116. The van der Waals surface area contributed by atoms with Gasteiger partial charge in [-0.2, -0.15) is 0 Å². The van der Waals surface area contributed by atoms with Crippen molar-refractivity contribution >= 4 is 50.0 Å². The minimum Gasteiger partial charge on any atom is -0.368 e. The van der Waals surface area contributed by atoms with Crippen LogP contribution in [0.2, 0.25) is 0 Å². The van der Waals surface area contributed by atoms with Gasteiger partial charge in [0.15, 0.2) is 0 Å². The lowest BCUT2D eigenvalue weighted by Crippen LogP contribution is -2.46. The molecule has 0 spiro atoms. The number of carbonyl (C=O) groups excluding carboxylic acids is 1. The van der Waals surface area contributed by atoms with Gasteiger partial charge < -0.3 is 10.2 Å². The predicted octanol–water partition coefficient (Wildman–Crippen LogP) is 4.74. The summed E-state index contributed by atoms with van der Waals surface area (Å²) in [5.41, 5.74) is 2.20. The Bertz CT molecular complexity index is 1040. The molecule has 29 heavy (non-hydrogen) atoms. The first kappa shape index (κ1) is 19.0. The van der Waals surface area contributed by atoms with Crippen molar-refractivity contribution < 1.29 is 9.18 Å². The van der Waals surface area contributed by atoms with Crippen molar-refractivity contribution in [3.05, 3.63) is 45.2 Å². The third-order valence-corrected chi connectivity index (χ3v) is 8.05. The van der Waals surface area contributed by atoms with Crippen LogP contribution in [0.5, 0.6) is 0 Å². The van der Waals surface area contributed by atoms with E-state index in [1.165, 1.54) is 21.5 Å². The smallest absolute Gasteiger partial charge is 0.224 e. The van der Waals surface area contributed by atoms with Crippen LogP contribution in [0.25, 0.3) is 10.1 Å². The molecule has 1 N–H and O–H groups in total. The average Bonchev–Trinajstić information content (AvgIpc) is 3.26. The molecule has 0 saturated carbocycles. The highest BCUT2D eigenvalue weighted by Crippen LogP contribution is 2.34. The molecule has 152 valence electrons. The van der Waals surface area contributed by atoms with Gasteiger partial charge in [-0.05, 0) is 43.5 Å². The monoisotopic (exact) mass is 429 g/mol. The summed E-state index contributed by atoms with van der Waals surface area (Å²) in [6, 6.07) is 7.24. The number of hydrogen-bond donors (Lipinski definition) is 1. The molecule has 4 nitrogen and oxygen atoms in total. The van der Waals surface area contributed by atoms with Gasteiger partial charge >= 0.3 is 0 Å². The van der Waals surface area contributed by atoms with Crippen LogP contribution in [0, 0.1) is 5.82 Å². The molecule has 2 aliphatic rings. The third kappa shape index (κ3) is 4.04. The number of nitrogens with one attached hydrogen (secondary N) is 1. The first-order chi connectivity index (χ1) is 14.2. The lowest BCUT2D eigenvalue weighted by atomic mass is 10.2. The van der Waals surface area contributed by atoms with Crippen molar-refractivity contribution in [2.75, 3.05) is 42.9 Å². The summed E-state index contributed by atoms with van der Waals surface area (Å²) in [7, 11) is 0. The number of aryl methyl sites for hydroxylation is 1. The minimum absolute atomic E-state index is 0.144. The van der Waals surface area contributed by atoms with Crippen LogP contribution in [0.3, 0.4) is 0 Å². The summed E-state index contributed by atoms with van der Waals surface area (Å²) in [5, 5.41) is 6.24. The summed E-state index contributed by atoms with van der Waals surface area (Å²) in [6.45, 7) is 5.03. The van der Waals surface area contributed by atoms with Gasteiger partial charge in [0.25, 0.3) is 0 Å². The van der Waals surface area contributed by atoms with E-state index in [2.05, 4.69) is 26.6 Å². The Kier molecular flexibility index (Phi) is 5.28. The van der Waals surface area contributed by atoms with Gasteiger partial charge in [-0.3, -0.25) is 9.69 Å². The molecule has 4 heterocycles. The number of thiophene rings is 2. The van der Waals surface area contributed by atoms with Crippen molar-refractivity contribution in [2.45, 2.75) is 25.7 Å². The topological polar surface area (TPSA) is 35.6 Å². The maximum atomic E-state index is 13.7. The predicted molar refractivity (Wildman–Crippen MR) is 120 cm³/mol. The molecule has 1 aromatic carbocycles. The number of fused-ring (bicyclic) bond motifs is 2. The first-order valence-electron chi connectivity index (χ1n) is 10.2. The van der Waals surface area contributed by atoms with E-state index in [0.717, 1.165) is 67.8 Å². The van der Waals surface area contributed by atoms with E-state index in [-0.39, 0.29) is 11.7 Å². The van der Waals surface area contributed by atoms with Crippen molar-refractivity contribution in [3.63, 3.8) is 0 Å². The van der Waals surface area contributed by atoms with Gasteiger partial charge in [-0.15, -0.1) is 22.7 Å². The zero-order valence-corrected chi connectivity index (χ0v) is 17.9. The fourth-order valence-electron chi connectivity index (χ4n) is 4.23. The molecule has 2 aliphatic heterocycles. The second-order valence-electron chi connectivity index (χ2n) is 7.79. The molecule has 0 bridgehead atoms. The Morgan fingerprint density at radius 1 is 1.10 bits per heavy atom. The van der Waals surface area contributed by atoms with E-state index in [1.807, 2.05) is 17.4 Å². The second kappa shape index (κ2) is 8.05. The van der Waals surface area contributed by atoms with Gasteiger partial charge in [-0.25, -0.2) is 4.39 Å². The maximum Gasteiger partial charge on any atom is 0.224 e. The van der Waals surface area contributed by atoms with Crippen molar-refractivity contribution in [3.8, 4) is 0 Å². The Balaban J connectivity index is 1.18. The number of piperazine rings is 1. The molecule has 7 heteroatoms. The summed E-state index contributed by atoms with van der Waals surface area (Å²) < 4.78 is 14.8. The van der Waals surface area contributed by atoms with Crippen molar-refractivity contribution in [2.24, 2.45) is 0 Å². The Hall–Kier alpha value is -1.96. The second-order valence-corrected chi connectivity index (χ2v) is 9.92. The van der Waals surface area contributed by atoms with Crippen LogP contribution in [0.4, 0.5) is 15.8 Å². The maximum absolute atomic E-state index is 13.7. The molecular weight excluding hydrogens is 405 g/mol. The third-order valence-electron chi connectivity index (χ3n) is 5.84. The summed E-state index contributed by atoms with van der Waals surface area (Å²) >= 11 is 3.54. The molecule has 3 aromatic rings. The van der Waals surface area contributed by atoms with Crippen LogP contribution >= 0.6 is 22.7 Å². The fraction of sp³-hybridized carbons (Fsp3) is 0.409. The number of nitrogens with zero attached hydrogens (tertiary/aromatic N) is 2. The SMILES string of the molecule is O=C1CCCc2sc(CCN3CCN(c4csc5ccc(F)cc45)CC3)cc2N1. The van der Waals surface area contributed by atoms with Crippen LogP contribution in [0.15, 0.2) is 29.6 Å². The number of benzene rings is 1. The summed E-state index contributed by atoms with van der Waals surface area (Å²) in [5.74, 6) is -0.0219. The molecule has 0 radical (unpaired) electrons. The number of amides is 1. The van der Waals surface area contributed by atoms with Gasteiger partial charge in [-0.1, -0.05) is 0 Å². The Morgan fingerprint density at radius 2 is 1.97 bits per heavy atom. The molecule has 0 unspecified atom stereocenters. The molecule has 1 saturated heterocycles. The number of halogens is 1. The van der Waals surface area contributed by atoms with E-state index in [4.69, 9.17) is 0 Å². The number of carbonyl (C=O) groups is 1. The lowest BCUT2D eigenvalue weighted by Gasteiger charge is -2.35. The van der Waals surface area contributed by atoms with Gasteiger partial charge in [0.2, 0.25) is 5.91 Å². The summed E-state index contributed by atoms with van der Waals surface area (Å²) in [4.78, 5) is 19.3. The van der Waals surface area contributed by atoms with E-state index < -0.39 is 0 Å². The standard InChI is InChI=1S/C22H24FN3OS2/c23-15-4-5-20-17(12-15)19(14-28-20)26-10-8-25(9-11-26)7-6-16-13-18-21(29-16)2-1-3-22(27)24-18/h4-5,12-14H,1-3,6-11H2,(H,24,27). The van der Waals surface area contributed by atoms with E-state index in [0.29, 0.717) is 6.42 Å². The highest BCUT2D eigenvalue weighted by Gasteiger charge is 2.21. The highest BCUT2D eigenvalue weighted by atomic mass is 32.1. The molecule has 1 amide bonds. The Morgan fingerprint density at radius 3 is 2.83 bits per heavy atom. The highest BCUT2D eigenvalue weighted by molar-refractivity contribution is 7.17. The number of anilines is 2. The quantitative estimate of drug-likeness (QED) is 0.651. The Labute approximate surface area is 177 Å². The van der Waals surface area contributed by atoms with Gasteiger partial charge in [0.05, 0.1) is 11.4 Å². The normalized spacial score (nSPS) is 18.0. The van der Waals surface area contributed by atoms with E-state index >= 15 is 0 Å². The van der Waals surface area contributed by atoms with Crippen LogP contribution in [-0.4, -0.2) is 43.5 Å². The van der Waals surface area contributed by atoms with Crippen molar-refractivity contribution in [1.82, 2.24) is 4.90 Å².